The van der Waals surface area contributed by atoms with Crippen LogP contribution in [0.25, 0.3) is 0 Å². The van der Waals surface area contributed by atoms with Gasteiger partial charge in [0, 0.05) is 25.1 Å². The Hall–Kier alpha value is -2.17. The minimum Gasteiger partial charge on any atom is -0.370 e. The maximum absolute atomic E-state index is 13.2. The summed E-state index contributed by atoms with van der Waals surface area (Å²) in [6.07, 6.45) is 0. The largest absolute Gasteiger partial charge is 0.370 e. The van der Waals surface area contributed by atoms with Crippen molar-refractivity contribution in [1.29, 1.82) is 0 Å². The molecule has 1 aromatic heterocycles. The molecule has 1 aromatic carbocycles. The fourth-order valence-corrected chi connectivity index (χ4v) is 1.93. The van der Waals surface area contributed by atoms with Gasteiger partial charge < -0.3 is 10.6 Å². The molecule has 2 rings (SSSR count). The van der Waals surface area contributed by atoms with E-state index in [0.29, 0.717) is 6.54 Å². The highest BCUT2D eigenvalue weighted by Crippen LogP contribution is 2.17. The predicted molar refractivity (Wildman–Crippen MR) is 84.0 cm³/mol. The zero-order valence-electron chi connectivity index (χ0n) is 12.7. The normalized spacial score (nSPS) is 10.7. The second kappa shape index (κ2) is 7.02. The highest BCUT2D eigenvalue weighted by molar-refractivity contribution is 5.48. The number of hydrogen-bond acceptors (Lipinski definition) is 4. The summed E-state index contributed by atoms with van der Waals surface area (Å²) in [7, 11) is 0. The summed E-state index contributed by atoms with van der Waals surface area (Å²) in [4.78, 5) is 8.97. The zero-order chi connectivity index (χ0) is 15.2. The molecule has 5 heteroatoms. The van der Waals surface area contributed by atoms with Crippen molar-refractivity contribution in [3.8, 4) is 0 Å². The molecule has 0 aliphatic carbocycles. The van der Waals surface area contributed by atoms with Crippen LogP contribution in [-0.4, -0.2) is 16.5 Å². The number of benzene rings is 1. The second-order valence-electron chi connectivity index (χ2n) is 5.17. The van der Waals surface area contributed by atoms with Crippen molar-refractivity contribution in [2.45, 2.75) is 33.2 Å². The number of aromatic nitrogens is 2. The summed E-state index contributed by atoms with van der Waals surface area (Å²) in [6, 6.07) is 8.41. The molecule has 0 spiro atoms. The molecular weight excluding hydrogens is 267 g/mol. The molecular formula is C16H21FN4. The van der Waals surface area contributed by atoms with Crippen LogP contribution >= 0.6 is 0 Å². The van der Waals surface area contributed by atoms with E-state index in [1.807, 2.05) is 19.1 Å². The summed E-state index contributed by atoms with van der Waals surface area (Å²) in [5, 5.41) is 6.42. The molecule has 112 valence electrons. The molecule has 0 unspecified atom stereocenters. The van der Waals surface area contributed by atoms with Gasteiger partial charge in [0.05, 0.1) is 0 Å². The van der Waals surface area contributed by atoms with Crippen molar-refractivity contribution < 1.29 is 4.39 Å². The standard InChI is InChI=1S/C16H21FN4/c1-4-18-14-9-15(21-16(20-14)11(2)3)19-10-12-6-5-7-13(17)8-12/h5-9,11H,4,10H2,1-3H3,(H2,18,19,20,21). The van der Waals surface area contributed by atoms with Crippen LogP contribution in [0.15, 0.2) is 30.3 Å². The maximum atomic E-state index is 13.2. The summed E-state index contributed by atoms with van der Waals surface area (Å²) in [5.41, 5.74) is 0.879. The SMILES string of the molecule is CCNc1cc(NCc2cccc(F)c2)nc(C(C)C)n1. The lowest BCUT2D eigenvalue weighted by Crippen LogP contribution is -2.09. The summed E-state index contributed by atoms with van der Waals surface area (Å²) in [6.45, 7) is 7.47. The Kier molecular flexibility index (Phi) is 5.09. The van der Waals surface area contributed by atoms with Gasteiger partial charge in [-0.3, -0.25) is 0 Å². The van der Waals surface area contributed by atoms with Gasteiger partial charge in [0.15, 0.2) is 0 Å². The third-order valence-corrected chi connectivity index (χ3v) is 2.98. The average Bonchev–Trinajstić information content (AvgIpc) is 2.45. The van der Waals surface area contributed by atoms with E-state index >= 15 is 0 Å². The van der Waals surface area contributed by atoms with Gasteiger partial charge in [-0.15, -0.1) is 0 Å². The van der Waals surface area contributed by atoms with Gasteiger partial charge in [0.2, 0.25) is 0 Å². The smallest absolute Gasteiger partial charge is 0.135 e. The van der Waals surface area contributed by atoms with Crippen LogP contribution in [0.4, 0.5) is 16.0 Å². The quantitative estimate of drug-likeness (QED) is 0.849. The van der Waals surface area contributed by atoms with Crippen LogP contribution < -0.4 is 10.6 Å². The monoisotopic (exact) mass is 288 g/mol. The fraction of sp³-hybridized carbons (Fsp3) is 0.375. The van der Waals surface area contributed by atoms with E-state index in [-0.39, 0.29) is 11.7 Å². The lowest BCUT2D eigenvalue weighted by molar-refractivity contribution is 0.626. The molecule has 0 aliphatic rings. The van der Waals surface area contributed by atoms with Crippen LogP contribution in [0, 0.1) is 5.82 Å². The Morgan fingerprint density at radius 1 is 1.10 bits per heavy atom. The topological polar surface area (TPSA) is 49.8 Å². The third-order valence-electron chi connectivity index (χ3n) is 2.98. The molecule has 1 heterocycles. The van der Waals surface area contributed by atoms with Gasteiger partial charge in [-0.05, 0) is 24.6 Å². The van der Waals surface area contributed by atoms with Crippen molar-refractivity contribution in [2.24, 2.45) is 0 Å². The van der Waals surface area contributed by atoms with Crippen LogP contribution in [0.1, 0.15) is 38.1 Å². The number of hydrogen-bond donors (Lipinski definition) is 2. The second-order valence-corrected chi connectivity index (χ2v) is 5.17. The molecule has 4 nitrogen and oxygen atoms in total. The van der Waals surface area contributed by atoms with E-state index in [2.05, 4.69) is 34.4 Å². The number of nitrogens with one attached hydrogen (secondary N) is 2. The molecule has 0 saturated heterocycles. The van der Waals surface area contributed by atoms with Crippen molar-refractivity contribution in [3.63, 3.8) is 0 Å². The lowest BCUT2D eigenvalue weighted by atomic mass is 10.2. The lowest BCUT2D eigenvalue weighted by Gasteiger charge is -2.12. The Balaban J connectivity index is 2.14. The molecule has 2 aromatic rings. The average molecular weight is 288 g/mol. The van der Waals surface area contributed by atoms with Gasteiger partial charge in [0.25, 0.3) is 0 Å². The minimum atomic E-state index is -0.229. The number of rotatable bonds is 6. The van der Waals surface area contributed by atoms with Crippen LogP contribution in [0.5, 0.6) is 0 Å². The molecule has 0 amide bonds. The zero-order valence-corrected chi connectivity index (χ0v) is 12.7. The van der Waals surface area contributed by atoms with Crippen LogP contribution in [0.3, 0.4) is 0 Å². The maximum Gasteiger partial charge on any atom is 0.135 e. The Morgan fingerprint density at radius 2 is 1.81 bits per heavy atom. The van der Waals surface area contributed by atoms with Gasteiger partial charge in [0.1, 0.15) is 23.3 Å². The molecule has 21 heavy (non-hydrogen) atoms. The van der Waals surface area contributed by atoms with Crippen molar-refractivity contribution >= 4 is 11.6 Å². The van der Waals surface area contributed by atoms with Gasteiger partial charge >= 0.3 is 0 Å². The van der Waals surface area contributed by atoms with Crippen molar-refractivity contribution in [3.05, 3.63) is 47.5 Å². The molecule has 0 fully saturated rings. The molecule has 0 atom stereocenters. The first-order chi connectivity index (χ1) is 10.1. The number of halogens is 1. The molecule has 2 N–H and O–H groups in total. The fourth-order valence-electron chi connectivity index (χ4n) is 1.93. The summed E-state index contributed by atoms with van der Waals surface area (Å²) in [5.74, 6) is 2.36. The van der Waals surface area contributed by atoms with E-state index in [4.69, 9.17) is 0 Å². The first kappa shape index (κ1) is 15.2. The van der Waals surface area contributed by atoms with E-state index < -0.39 is 0 Å². The first-order valence-electron chi connectivity index (χ1n) is 7.19. The van der Waals surface area contributed by atoms with Gasteiger partial charge in [-0.2, -0.15) is 0 Å². The van der Waals surface area contributed by atoms with E-state index in [1.165, 1.54) is 12.1 Å². The number of nitrogens with zero attached hydrogens (tertiary/aromatic N) is 2. The van der Waals surface area contributed by atoms with Crippen molar-refractivity contribution in [1.82, 2.24) is 9.97 Å². The van der Waals surface area contributed by atoms with Crippen LogP contribution in [-0.2, 0) is 6.54 Å². The summed E-state index contributed by atoms with van der Waals surface area (Å²) >= 11 is 0. The molecule has 0 aliphatic heterocycles. The highest BCUT2D eigenvalue weighted by atomic mass is 19.1. The summed E-state index contributed by atoms with van der Waals surface area (Å²) < 4.78 is 13.2. The molecule has 0 bridgehead atoms. The molecule has 0 radical (unpaired) electrons. The Labute approximate surface area is 124 Å². The Morgan fingerprint density at radius 3 is 2.43 bits per heavy atom. The first-order valence-corrected chi connectivity index (χ1v) is 7.19. The molecule has 0 saturated carbocycles. The van der Waals surface area contributed by atoms with Gasteiger partial charge in [-0.1, -0.05) is 26.0 Å². The minimum absolute atomic E-state index is 0.229. The van der Waals surface area contributed by atoms with E-state index in [1.54, 1.807) is 6.07 Å². The van der Waals surface area contributed by atoms with Crippen LogP contribution in [0.2, 0.25) is 0 Å². The third kappa shape index (κ3) is 4.41. The van der Waals surface area contributed by atoms with E-state index in [0.717, 1.165) is 29.6 Å². The van der Waals surface area contributed by atoms with Crippen molar-refractivity contribution in [2.75, 3.05) is 17.2 Å². The van der Waals surface area contributed by atoms with Gasteiger partial charge in [-0.25, -0.2) is 14.4 Å². The van der Waals surface area contributed by atoms with E-state index in [9.17, 15) is 4.39 Å². The number of anilines is 2. The Bertz CT molecular complexity index is 599. The predicted octanol–water partition coefficient (Wildman–Crippen LogP) is 3.78. The highest BCUT2D eigenvalue weighted by Gasteiger charge is 2.07.